The van der Waals surface area contributed by atoms with Gasteiger partial charge in [-0.05, 0) is 37.6 Å². The van der Waals surface area contributed by atoms with Gasteiger partial charge in [0.05, 0.1) is 12.2 Å². The van der Waals surface area contributed by atoms with E-state index >= 15 is 0 Å². The van der Waals surface area contributed by atoms with Crippen molar-refractivity contribution in [1.29, 1.82) is 0 Å². The van der Waals surface area contributed by atoms with Gasteiger partial charge < -0.3 is 4.74 Å². The molecule has 4 heteroatoms. The fraction of sp³-hybridized carbons (Fsp3) is 0.267. The molecule has 0 aliphatic rings. The number of aryl methyl sites for hydroxylation is 1. The Morgan fingerprint density at radius 1 is 1.32 bits per heavy atom. The SMILES string of the molecule is CCOC(=O)c1cccc(Cc2nccc(C)n2)c1. The molecule has 2 rings (SSSR count). The van der Waals surface area contributed by atoms with Crippen molar-refractivity contribution in [2.75, 3.05) is 6.61 Å². The summed E-state index contributed by atoms with van der Waals surface area (Å²) in [5, 5.41) is 0. The fourth-order valence-electron chi connectivity index (χ4n) is 1.79. The number of hydrogen-bond donors (Lipinski definition) is 0. The van der Waals surface area contributed by atoms with Crippen molar-refractivity contribution >= 4 is 5.97 Å². The second kappa shape index (κ2) is 6.09. The van der Waals surface area contributed by atoms with E-state index in [4.69, 9.17) is 4.74 Å². The second-order valence-electron chi connectivity index (χ2n) is 4.21. The van der Waals surface area contributed by atoms with Crippen LogP contribution in [0.1, 0.15) is 34.4 Å². The summed E-state index contributed by atoms with van der Waals surface area (Å²) < 4.78 is 4.98. The average molecular weight is 256 g/mol. The van der Waals surface area contributed by atoms with Crippen LogP contribution in [0.4, 0.5) is 0 Å². The van der Waals surface area contributed by atoms with Crippen molar-refractivity contribution in [3.05, 3.63) is 59.2 Å². The zero-order valence-corrected chi connectivity index (χ0v) is 11.1. The maximum absolute atomic E-state index is 11.6. The molecule has 4 nitrogen and oxygen atoms in total. The topological polar surface area (TPSA) is 52.1 Å². The first-order valence-corrected chi connectivity index (χ1v) is 6.23. The number of ether oxygens (including phenoxy) is 1. The van der Waals surface area contributed by atoms with E-state index < -0.39 is 0 Å². The first-order valence-electron chi connectivity index (χ1n) is 6.23. The van der Waals surface area contributed by atoms with Crippen LogP contribution in [0.15, 0.2) is 36.5 Å². The van der Waals surface area contributed by atoms with Crippen LogP contribution in [0.2, 0.25) is 0 Å². The van der Waals surface area contributed by atoms with Crippen molar-refractivity contribution < 1.29 is 9.53 Å². The van der Waals surface area contributed by atoms with Gasteiger partial charge in [0, 0.05) is 18.3 Å². The Labute approximate surface area is 112 Å². The molecule has 19 heavy (non-hydrogen) atoms. The summed E-state index contributed by atoms with van der Waals surface area (Å²) in [6.45, 7) is 4.10. The third-order valence-corrected chi connectivity index (χ3v) is 2.65. The van der Waals surface area contributed by atoms with Crippen LogP contribution in [-0.2, 0) is 11.2 Å². The van der Waals surface area contributed by atoms with E-state index in [9.17, 15) is 4.79 Å². The molecule has 0 spiro atoms. The third kappa shape index (κ3) is 3.61. The lowest BCUT2D eigenvalue weighted by molar-refractivity contribution is 0.0526. The van der Waals surface area contributed by atoms with Crippen molar-refractivity contribution in [2.24, 2.45) is 0 Å². The van der Waals surface area contributed by atoms with E-state index in [-0.39, 0.29) is 5.97 Å². The van der Waals surface area contributed by atoms with Gasteiger partial charge in [0.25, 0.3) is 0 Å². The highest BCUT2D eigenvalue weighted by Gasteiger charge is 2.07. The van der Waals surface area contributed by atoms with Crippen LogP contribution in [0, 0.1) is 6.92 Å². The smallest absolute Gasteiger partial charge is 0.338 e. The van der Waals surface area contributed by atoms with E-state index in [1.165, 1.54) is 0 Å². The number of carbonyl (C=O) groups is 1. The third-order valence-electron chi connectivity index (χ3n) is 2.65. The lowest BCUT2D eigenvalue weighted by Crippen LogP contribution is -2.05. The Bertz CT molecular complexity index is 582. The Morgan fingerprint density at radius 2 is 2.16 bits per heavy atom. The summed E-state index contributed by atoms with van der Waals surface area (Å²) in [4.78, 5) is 20.2. The first-order chi connectivity index (χ1) is 9.19. The van der Waals surface area contributed by atoms with Crippen LogP contribution >= 0.6 is 0 Å². The molecule has 0 fully saturated rings. The molecule has 0 unspecified atom stereocenters. The number of nitrogens with zero attached hydrogens (tertiary/aromatic N) is 2. The fourth-order valence-corrected chi connectivity index (χ4v) is 1.79. The zero-order chi connectivity index (χ0) is 13.7. The summed E-state index contributed by atoms with van der Waals surface area (Å²) >= 11 is 0. The van der Waals surface area contributed by atoms with Gasteiger partial charge in [-0.15, -0.1) is 0 Å². The largest absolute Gasteiger partial charge is 0.462 e. The number of rotatable bonds is 4. The Hall–Kier alpha value is -2.23. The Kier molecular flexibility index (Phi) is 4.23. The first kappa shape index (κ1) is 13.2. The second-order valence-corrected chi connectivity index (χ2v) is 4.21. The molecule has 0 aliphatic carbocycles. The number of aromatic nitrogens is 2. The van der Waals surface area contributed by atoms with E-state index in [1.54, 1.807) is 19.2 Å². The number of benzene rings is 1. The quantitative estimate of drug-likeness (QED) is 0.789. The lowest BCUT2D eigenvalue weighted by atomic mass is 10.1. The van der Waals surface area contributed by atoms with Crippen LogP contribution in [0.5, 0.6) is 0 Å². The minimum Gasteiger partial charge on any atom is -0.462 e. The molecule has 0 saturated carbocycles. The van der Waals surface area contributed by atoms with Crippen LogP contribution in [-0.4, -0.2) is 22.5 Å². The molecular formula is C15H16N2O2. The summed E-state index contributed by atoms with van der Waals surface area (Å²) in [7, 11) is 0. The van der Waals surface area contributed by atoms with Crippen molar-refractivity contribution in [3.8, 4) is 0 Å². The van der Waals surface area contributed by atoms with Crippen molar-refractivity contribution in [3.63, 3.8) is 0 Å². The average Bonchev–Trinajstić information content (AvgIpc) is 2.39. The lowest BCUT2D eigenvalue weighted by Gasteiger charge is -2.05. The number of carbonyl (C=O) groups excluding carboxylic acids is 1. The highest BCUT2D eigenvalue weighted by atomic mass is 16.5. The van der Waals surface area contributed by atoms with Gasteiger partial charge in [0.15, 0.2) is 0 Å². The van der Waals surface area contributed by atoms with Crippen molar-refractivity contribution in [2.45, 2.75) is 20.3 Å². The molecule has 0 amide bonds. The van der Waals surface area contributed by atoms with Gasteiger partial charge in [-0.3, -0.25) is 0 Å². The zero-order valence-electron chi connectivity index (χ0n) is 11.1. The van der Waals surface area contributed by atoms with Gasteiger partial charge in [-0.2, -0.15) is 0 Å². The van der Waals surface area contributed by atoms with Crippen LogP contribution < -0.4 is 0 Å². The molecule has 1 heterocycles. The van der Waals surface area contributed by atoms with Gasteiger partial charge in [0.2, 0.25) is 0 Å². The van der Waals surface area contributed by atoms with Crippen molar-refractivity contribution in [1.82, 2.24) is 9.97 Å². The van der Waals surface area contributed by atoms with Gasteiger partial charge in [-0.25, -0.2) is 14.8 Å². The molecular weight excluding hydrogens is 240 g/mol. The van der Waals surface area contributed by atoms with Crippen LogP contribution in [0.3, 0.4) is 0 Å². The molecule has 1 aromatic heterocycles. The molecule has 1 aromatic carbocycles. The van der Waals surface area contributed by atoms with Gasteiger partial charge in [-0.1, -0.05) is 12.1 Å². The predicted octanol–water partition coefficient (Wildman–Crippen LogP) is 2.55. The predicted molar refractivity (Wildman–Crippen MR) is 72.0 cm³/mol. The van der Waals surface area contributed by atoms with E-state index in [0.29, 0.717) is 18.6 Å². The highest BCUT2D eigenvalue weighted by Crippen LogP contribution is 2.10. The van der Waals surface area contributed by atoms with Gasteiger partial charge in [0.1, 0.15) is 5.82 Å². The maximum Gasteiger partial charge on any atom is 0.338 e. The van der Waals surface area contributed by atoms with E-state index in [2.05, 4.69) is 9.97 Å². The minimum atomic E-state index is -0.297. The van der Waals surface area contributed by atoms with E-state index in [0.717, 1.165) is 17.1 Å². The minimum absolute atomic E-state index is 0.297. The Morgan fingerprint density at radius 3 is 2.89 bits per heavy atom. The summed E-state index contributed by atoms with van der Waals surface area (Å²) in [6.07, 6.45) is 2.35. The molecule has 0 aliphatic heterocycles. The summed E-state index contributed by atoms with van der Waals surface area (Å²) in [5.41, 5.74) is 2.50. The number of hydrogen-bond acceptors (Lipinski definition) is 4. The highest BCUT2D eigenvalue weighted by molar-refractivity contribution is 5.89. The van der Waals surface area contributed by atoms with E-state index in [1.807, 2.05) is 31.2 Å². The molecule has 0 saturated heterocycles. The van der Waals surface area contributed by atoms with Crippen LogP contribution in [0.25, 0.3) is 0 Å². The van der Waals surface area contributed by atoms with Gasteiger partial charge >= 0.3 is 5.97 Å². The molecule has 0 N–H and O–H groups in total. The number of esters is 1. The molecule has 0 radical (unpaired) electrons. The molecule has 0 bridgehead atoms. The summed E-state index contributed by atoms with van der Waals surface area (Å²) in [5.74, 6) is 0.454. The molecule has 0 atom stereocenters. The maximum atomic E-state index is 11.6. The Balaban J connectivity index is 2.17. The normalized spacial score (nSPS) is 10.2. The standard InChI is InChI=1S/C15H16N2O2/c1-3-19-15(18)13-6-4-5-12(9-13)10-14-16-8-7-11(2)17-14/h4-9H,3,10H2,1-2H3. The molecule has 98 valence electrons. The monoisotopic (exact) mass is 256 g/mol. The summed E-state index contributed by atoms with van der Waals surface area (Å²) in [6, 6.07) is 9.23. The molecule has 2 aromatic rings.